The average molecular weight is 351 g/mol. The summed E-state index contributed by atoms with van der Waals surface area (Å²) in [6.45, 7) is 0. The fourth-order valence-corrected chi connectivity index (χ4v) is 4.22. The first-order valence-electron chi connectivity index (χ1n) is 6.91. The fourth-order valence-electron chi connectivity index (χ4n) is 2.61. The molecule has 0 bridgehead atoms. The summed E-state index contributed by atoms with van der Waals surface area (Å²) in [5, 5.41) is 13.6. The van der Waals surface area contributed by atoms with Crippen LogP contribution in [0.2, 0.25) is 10.0 Å². The SMILES string of the molecule is N#Cc1c(NC(=O)c2cc(Cl)ccc2Cl)sc2c1CCCC2. The molecule has 1 amide bonds. The normalized spacial score (nSPS) is 13.3. The zero-order valence-corrected chi connectivity index (χ0v) is 13.9. The maximum atomic E-state index is 12.4. The average Bonchev–Trinajstić information content (AvgIpc) is 2.86. The van der Waals surface area contributed by atoms with Gasteiger partial charge in [-0.2, -0.15) is 5.26 Å². The minimum Gasteiger partial charge on any atom is -0.312 e. The van der Waals surface area contributed by atoms with Crippen molar-refractivity contribution < 1.29 is 4.79 Å². The van der Waals surface area contributed by atoms with Crippen LogP contribution in [0.1, 0.15) is 39.2 Å². The van der Waals surface area contributed by atoms with E-state index in [2.05, 4.69) is 11.4 Å². The summed E-state index contributed by atoms with van der Waals surface area (Å²) in [4.78, 5) is 13.6. The summed E-state index contributed by atoms with van der Waals surface area (Å²) in [5.74, 6) is -0.345. The van der Waals surface area contributed by atoms with Crippen LogP contribution in [0.4, 0.5) is 5.00 Å². The first-order chi connectivity index (χ1) is 10.6. The lowest BCUT2D eigenvalue weighted by Gasteiger charge is -2.09. The molecular weight excluding hydrogens is 339 g/mol. The van der Waals surface area contributed by atoms with Crippen molar-refractivity contribution in [2.75, 3.05) is 5.32 Å². The molecule has 0 saturated heterocycles. The highest BCUT2D eigenvalue weighted by Gasteiger charge is 2.22. The summed E-state index contributed by atoms with van der Waals surface area (Å²) >= 11 is 13.5. The number of aryl methyl sites for hydroxylation is 1. The second-order valence-corrected chi connectivity index (χ2v) is 7.05. The Balaban J connectivity index is 1.93. The molecule has 6 heteroatoms. The lowest BCUT2D eigenvalue weighted by Crippen LogP contribution is -2.12. The smallest absolute Gasteiger partial charge is 0.257 e. The second kappa shape index (κ2) is 6.29. The first-order valence-corrected chi connectivity index (χ1v) is 8.48. The number of amides is 1. The van der Waals surface area contributed by atoms with E-state index in [0.29, 0.717) is 26.2 Å². The number of fused-ring (bicyclic) bond motifs is 1. The van der Waals surface area contributed by atoms with Gasteiger partial charge in [0.1, 0.15) is 11.1 Å². The molecule has 1 heterocycles. The molecule has 1 aromatic heterocycles. The van der Waals surface area contributed by atoms with Gasteiger partial charge in [0.25, 0.3) is 5.91 Å². The van der Waals surface area contributed by atoms with E-state index in [4.69, 9.17) is 23.2 Å². The minimum absolute atomic E-state index is 0.310. The predicted molar refractivity (Wildman–Crippen MR) is 90.1 cm³/mol. The third-order valence-electron chi connectivity index (χ3n) is 3.68. The molecule has 0 radical (unpaired) electrons. The molecule has 3 nitrogen and oxygen atoms in total. The number of carbonyl (C=O) groups excluding carboxylic acids is 1. The second-order valence-electron chi connectivity index (χ2n) is 5.11. The van der Waals surface area contributed by atoms with Crippen molar-refractivity contribution >= 4 is 45.4 Å². The molecule has 0 spiro atoms. The number of hydrogen-bond donors (Lipinski definition) is 1. The lowest BCUT2D eigenvalue weighted by atomic mass is 9.96. The number of anilines is 1. The third kappa shape index (κ3) is 2.85. The molecule has 1 aliphatic carbocycles. The van der Waals surface area contributed by atoms with Gasteiger partial charge in [-0.3, -0.25) is 4.79 Å². The Morgan fingerprint density at radius 3 is 2.82 bits per heavy atom. The van der Waals surface area contributed by atoms with Crippen molar-refractivity contribution in [3.8, 4) is 6.07 Å². The van der Waals surface area contributed by atoms with Crippen LogP contribution in [-0.2, 0) is 12.8 Å². The number of halogens is 2. The van der Waals surface area contributed by atoms with Crippen LogP contribution in [0, 0.1) is 11.3 Å². The summed E-state index contributed by atoms with van der Waals surface area (Å²) in [6, 6.07) is 6.97. The topological polar surface area (TPSA) is 52.9 Å². The van der Waals surface area contributed by atoms with E-state index in [1.165, 1.54) is 22.3 Å². The van der Waals surface area contributed by atoms with Crippen LogP contribution in [0.5, 0.6) is 0 Å². The van der Waals surface area contributed by atoms with Gasteiger partial charge in [-0.15, -0.1) is 11.3 Å². The Morgan fingerprint density at radius 1 is 1.27 bits per heavy atom. The van der Waals surface area contributed by atoms with Gasteiger partial charge in [-0.1, -0.05) is 23.2 Å². The quantitative estimate of drug-likeness (QED) is 0.822. The van der Waals surface area contributed by atoms with Crippen LogP contribution >= 0.6 is 34.5 Å². The number of carbonyl (C=O) groups is 1. The van der Waals surface area contributed by atoms with Gasteiger partial charge in [0, 0.05) is 9.90 Å². The van der Waals surface area contributed by atoms with E-state index in [1.807, 2.05) is 0 Å². The van der Waals surface area contributed by atoms with Gasteiger partial charge >= 0.3 is 0 Å². The van der Waals surface area contributed by atoms with Crippen molar-refractivity contribution in [1.29, 1.82) is 5.26 Å². The van der Waals surface area contributed by atoms with E-state index >= 15 is 0 Å². The van der Waals surface area contributed by atoms with Crippen LogP contribution in [0.25, 0.3) is 0 Å². The number of nitrogens with one attached hydrogen (secondary N) is 1. The molecule has 1 N–H and O–H groups in total. The van der Waals surface area contributed by atoms with Crippen LogP contribution in [-0.4, -0.2) is 5.91 Å². The zero-order valence-electron chi connectivity index (χ0n) is 11.6. The van der Waals surface area contributed by atoms with Crippen molar-refractivity contribution in [2.24, 2.45) is 0 Å². The molecule has 1 aliphatic rings. The van der Waals surface area contributed by atoms with E-state index in [-0.39, 0.29) is 5.91 Å². The van der Waals surface area contributed by atoms with E-state index < -0.39 is 0 Å². The molecule has 2 aromatic rings. The van der Waals surface area contributed by atoms with Crippen LogP contribution < -0.4 is 5.32 Å². The Morgan fingerprint density at radius 2 is 2.05 bits per heavy atom. The molecule has 112 valence electrons. The highest BCUT2D eigenvalue weighted by atomic mass is 35.5. The maximum Gasteiger partial charge on any atom is 0.257 e. The Labute approximate surface area is 142 Å². The van der Waals surface area contributed by atoms with Gasteiger partial charge in [-0.25, -0.2) is 0 Å². The number of rotatable bonds is 2. The van der Waals surface area contributed by atoms with Crippen LogP contribution in [0.3, 0.4) is 0 Å². The first kappa shape index (κ1) is 15.4. The van der Waals surface area contributed by atoms with Crippen LogP contribution in [0.15, 0.2) is 18.2 Å². The molecule has 0 saturated carbocycles. The fraction of sp³-hybridized carbons (Fsp3) is 0.250. The van der Waals surface area contributed by atoms with Gasteiger partial charge in [0.15, 0.2) is 0 Å². The lowest BCUT2D eigenvalue weighted by molar-refractivity contribution is 0.102. The van der Waals surface area contributed by atoms with Gasteiger partial charge < -0.3 is 5.32 Å². The highest BCUT2D eigenvalue weighted by Crippen LogP contribution is 2.38. The maximum absolute atomic E-state index is 12.4. The zero-order chi connectivity index (χ0) is 15.7. The molecule has 0 aliphatic heterocycles. The van der Waals surface area contributed by atoms with Crippen molar-refractivity contribution in [1.82, 2.24) is 0 Å². The number of nitrogens with zero attached hydrogens (tertiary/aromatic N) is 1. The summed E-state index contributed by atoms with van der Waals surface area (Å²) in [5.41, 5.74) is 1.99. The molecule has 3 rings (SSSR count). The molecule has 0 atom stereocenters. The molecular formula is C16H12Cl2N2OS. The van der Waals surface area contributed by atoms with E-state index in [0.717, 1.165) is 31.2 Å². The number of nitriles is 1. The Bertz CT molecular complexity index is 792. The summed E-state index contributed by atoms with van der Waals surface area (Å²) in [7, 11) is 0. The van der Waals surface area contributed by atoms with Crippen molar-refractivity contribution in [3.05, 3.63) is 49.8 Å². The largest absolute Gasteiger partial charge is 0.312 e. The van der Waals surface area contributed by atoms with Crippen molar-refractivity contribution in [3.63, 3.8) is 0 Å². The number of hydrogen-bond acceptors (Lipinski definition) is 3. The number of benzene rings is 1. The molecule has 22 heavy (non-hydrogen) atoms. The minimum atomic E-state index is -0.345. The molecule has 0 fully saturated rings. The highest BCUT2D eigenvalue weighted by molar-refractivity contribution is 7.16. The monoisotopic (exact) mass is 350 g/mol. The van der Waals surface area contributed by atoms with E-state index in [1.54, 1.807) is 12.1 Å². The Kier molecular flexibility index (Phi) is 4.39. The predicted octanol–water partition coefficient (Wildman–Crippen LogP) is 5.06. The molecule has 1 aromatic carbocycles. The van der Waals surface area contributed by atoms with Gasteiger partial charge in [-0.05, 0) is 49.4 Å². The molecule has 0 unspecified atom stereocenters. The third-order valence-corrected chi connectivity index (χ3v) is 5.46. The number of thiophene rings is 1. The summed E-state index contributed by atoms with van der Waals surface area (Å²) in [6.07, 6.45) is 4.10. The standard InChI is InChI=1S/C16H12Cl2N2OS/c17-9-5-6-13(18)11(7-9)15(21)20-16-12(8-19)10-3-1-2-4-14(10)22-16/h5-7H,1-4H2,(H,20,21). The van der Waals surface area contributed by atoms with E-state index in [9.17, 15) is 10.1 Å². The van der Waals surface area contributed by atoms with Gasteiger partial charge in [0.05, 0.1) is 16.1 Å². The van der Waals surface area contributed by atoms with Crippen molar-refractivity contribution in [2.45, 2.75) is 25.7 Å². The summed E-state index contributed by atoms with van der Waals surface area (Å²) < 4.78 is 0. The Hall–Kier alpha value is -1.54. The van der Waals surface area contributed by atoms with Gasteiger partial charge in [0.2, 0.25) is 0 Å².